The summed E-state index contributed by atoms with van der Waals surface area (Å²) in [6, 6.07) is 7.58. The van der Waals surface area contributed by atoms with Gasteiger partial charge in [-0.2, -0.15) is 0 Å². The predicted molar refractivity (Wildman–Crippen MR) is 97.6 cm³/mol. The van der Waals surface area contributed by atoms with Crippen LogP contribution in [0.2, 0.25) is 0 Å². The summed E-state index contributed by atoms with van der Waals surface area (Å²) in [5.74, 6) is -0.795. The summed E-state index contributed by atoms with van der Waals surface area (Å²) in [7, 11) is 0. The van der Waals surface area contributed by atoms with Crippen molar-refractivity contribution >= 4 is 22.8 Å². The number of imidazole rings is 1. The highest BCUT2D eigenvalue weighted by Crippen LogP contribution is 2.27. The number of aromatic amines is 1. The van der Waals surface area contributed by atoms with Gasteiger partial charge in [-0.25, -0.2) is 4.98 Å². The van der Waals surface area contributed by atoms with Gasteiger partial charge in [0.15, 0.2) is 5.82 Å². The van der Waals surface area contributed by atoms with Gasteiger partial charge >= 0.3 is 0 Å². The fraction of sp³-hybridized carbons (Fsp3) is 0.263. The van der Waals surface area contributed by atoms with Crippen LogP contribution in [0.25, 0.3) is 22.2 Å². The number of carbonyl (C=O) groups is 2. The maximum Gasteiger partial charge on any atom is 0.284 e. The Morgan fingerprint density at radius 1 is 1.12 bits per heavy atom. The number of rotatable bonds is 4. The largest absolute Gasteiger partial charge is 0.363 e. The first-order valence-electron chi connectivity index (χ1n) is 8.66. The lowest BCUT2D eigenvalue weighted by Crippen LogP contribution is -2.32. The first-order chi connectivity index (χ1) is 12.6. The second kappa shape index (κ2) is 6.59. The Hall–Kier alpha value is -3.22. The van der Waals surface area contributed by atoms with E-state index in [1.54, 1.807) is 18.5 Å². The van der Waals surface area contributed by atoms with Gasteiger partial charge in [0.2, 0.25) is 0 Å². The number of nitrogens with two attached hydrogens (primary N) is 1. The van der Waals surface area contributed by atoms with Gasteiger partial charge in [0.05, 0.1) is 11.1 Å². The molecule has 0 saturated heterocycles. The van der Waals surface area contributed by atoms with E-state index >= 15 is 0 Å². The quantitative estimate of drug-likeness (QED) is 0.671. The fourth-order valence-electron chi connectivity index (χ4n) is 3.45. The van der Waals surface area contributed by atoms with Gasteiger partial charge in [0, 0.05) is 18.4 Å². The minimum absolute atomic E-state index is 0.0433. The molecule has 0 bridgehead atoms. The van der Waals surface area contributed by atoms with Gasteiger partial charge in [-0.3, -0.25) is 14.6 Å². The zero-order valence-electron chi connectivity index (χ0n) is 14.2. The molecule has 1 fully saturated rings. The van der Waals surface area contributed by atoms with Crippen molar-refractivity contribution in [2.75, 3.05) is 0 Å². The van der Waals surface area contributed by atoms with Crippen molar-refractivity contribution in [3.8, 4) is 11.1 Å². The maximum atomic E-state index is 12.9. The molecular weight excluding hydrogens is 330 g/mol. The lowest BCUT2D eigenvalue weighted by molar-refractivity contribution is 0.0937. The van der Waals surface area contributed by atoms with Crippen molar-refractivity contribution in [1.29, 1.82) is 0 Å². The van der Waals surface area contributed by atoms with E-state index in [1.165, 1.54) is 0 Å². The first kappa shape index (κ1) is 16.3. The minimum Gasteiger partial charge on any atom is -0.363 e. The Morgan fingerprint density at radius 3 is 2.54 bits per heavy atom. The maximum absolute atomic E-state index is 12.9. The fourth-order valence-corrected chi connectivity index (χ4v) is 3.45. The summed E-state index contributed by atoms with van der Waals surface area (Å²) in [5, 5.41) is 3.08. The van der Waals surface area contributed by atoms with Gasteiger partial charge < -0.3 is 16.0 Å². The number of primary amides is 1. The summed E-state index contributed by atoms with van der Waals surface area (Å²) in [6.07, 6.45) is 7.63. The molecule has 0 aliphatic heterocycles. The average Bonchev–Trinajstić information content (AvgIpc) is 3.30. The molecule has 0 unspecified atom stereocenters. The number of hydrogen-bond acceptors (Lipinski definition) is 4. The molecule has 0 radical (unpaired) electrons. The van der Waals surface area contributed by atoms with E-state index in [0.717, 1.165) is 36.8 Å². The summed E-state index contributed by atoms with van der Waals surface area (Å²) in [6.45, 7) is 0. The topological polar surface area (TPSA) is 114 Å². The molecule has 1 aromatic carbocycles. The van der Waals surface area contributed by atoms with E-state index < -0.39 is 5.91 Å². The Bertz CT molecular complexity index is 974. The van der Waals surface area contributed by atoms with Crippen molar-refractivity contribution in [2.24, 2.45) is 5.73 Å². The van der Waals surface area contributed by atoms with E-state index in [-0.39, 0.29) is 17.8 Å². The molecule has 1 aliphatic carbocycles. The van der Waals surface area contributed by atoms with Crippen LogP contribution < -0.4 is 11.1 Å². The average molecular weight is 349 g/mol. The van der Waals surface area contributed by atoms with Crippen LogP contribution in [-0.4, -0.2) is 32.8 Å². The van der Waals surface area contributed by atoms with Crippen LogP contribution >= 0.6 is 0 Å². The number of benzene rings is 1. The Balaban J connectivity index is 1.82. The third-order valence-corrected chi connectivity index (χ3v) is 4.77. The van der Waals surface area contributed by atoms with Crippen molar-refractivity contribution < 1.29 is 9.59 Å². The minimum atomic E-state index is -0.659. The third kappa shape index (κ3) is 3.03. The smallest absolute Gasteiger partial charge is 0.284 e. The molecule has 1 saturated carbocycles. The lowest BCUT2D eigenvalue weighted by atomic mass is 10.0. The lowest BCUT2D eigenvalue weighted by Gasteiger charge is -2.13. The molecule has 4 rings (SSSR count). The number of carbonyl (C=O) groups excluding carboxylic acids is 2. The number of nitrogens with one attached hydrogen (secondary N) is 2. The number of pyridine rings is 1. The highest BCUT2D eigenvalue weighted by Gasteiger charge is 2.22. The number of H-pyrrole nitrogens is 1. The number of nitrogens with zero attached hydrogens (tertiary/aromatic N) is 2. The van der Waals surface area contributed by atoms with Gasteiger partial charge in [-0.1, -0.05) is 12.8 Å². The van der Waals surface area contributed by atoms with Crippen molar-refractivity contribution in [3.05, 3.63) is 48.0 Å². The molecule has 7 nitrogen and oxygen atoms in total. The number of hydrogen-bond donors (Lipinski definition) is 3. The second-order valence-electron chi connectivity index (χ2n) is 6.56. The zero-order chi connectivity index (χ0) is 18.1. The first-order valence-corrected chi connectivity index (χ1v) is 8.66. The van der Waals surface area contributed by atoms with E-state index in [4.69, 9.17) is 5.73 Å². The monoisotopic (exact) mass is 349 g/mol. The molecule has 7 heteroatoms. The van der Waals surface area contributed by atoms with Crippen LogP contribution in [0.1, 0.15) is 46.7 Å². The summed E-state index contributed by atoms with van der Waals surface area (Å²) < 4.78 is 0. The predicted octanol–water partition coefficient (Wildman–Crippen LogP) is 2.40. The van der Waals surface area contributed by atoms with Crippen LogP contribution in [-0.2, 0) is 0 Å². The van der Waals surface area contributed by atoms with Crippen LogP contribution in [0.4, 0.5) is 0 Å². The summed E-state index contributed by atoms with van der Waals surface area (Å²) >= 11 is 0. The SMILES string of the molecule is NC(=O)c1nc2c(C(=O)NC3CCCC3)cc(-c3ccncc3)cc2[nH]1. The second-order valence-corrected chi connectivity index (χ2v) is 6.56. The molecule has 0 atom stereocenters. The van der Waals surface area contributed by atoms with E-state index in [2.05, 4.69) is 20.3 Å². The standard InChI is InChI=1S/C19H19N5O2/c20-17(25)18-23-15-10-12(11-5-7-21-8-6-11)9-14(16(15)24-18)19(26)22-13-3-1-2-4-13/h5-10,13H,1-4H2,(H2,20,25)(H,22,26)(H,23,24). The number of aromatic nitrogens is 3. The van der Waals surface area contributed by atoms with E-state index in [1.807, 2.05) is 18.2 Å². The molecule has 1 aliphatic rings. The highest BCUT2D eigenvalue weighted by atomic mass is 16.2. The Labute approximate surface area is 150 Å². The van der Waals surface area contributed by atoms with Gasteiger partial charge in [0.25, 0.3) is 11.8 Å². The Kier molecular flexibility index (Phi) is 4.12. The summed E-state index contributed by atoms with van der Waals surface area (Å²) in [5.41, 5.74) is 8.60. The van der Waals surface area contributed by atoms with Crippen molar-refractivity contribution in [1.82, 2.24) is 20.3 Å². The Morgan fingerprint density at radius 2 is 1.85 bits per heavy atom. The highest BCUT2D eigenvalue weighted by molar-refractivity contribution is 6.08. The molecule has 2 aromatic heterocycles. The molecule has 4 N–H and O–H groups in total. The summed E-state index contributed by atoms with van der Waals surface area (Å²) in [4.78, 5) is 35.6. The third-order valence-electron chi connectivity index (χ3n) is 4.77. The molecular formula is C19H19N5O2. The van der Waals surface area contributed by atoms with E-state index in [0.29, 0.717) is 16.6 Å². The molecule has 2 heterocycles. The molecule has 132 valence electrons. The van der Waals surface area contributed by atoms with Crippen LogP contribution in [0.5, 0.6) is 0 Å². The van der Waals surface area contributed by atoms with Gasteiger partial charge in [-0.15, -0.1) is 0 Å². The molecule has 26 heavy (non-hydrogen) atoms. The molecule has 0 spiro atoms. The van der Waals surface area contributed by atoms with E-state index in [9.17, 15) is 9.59 Å². The number of amides is 2. The number of fused-ring (bicyclic) bond motifs is 1. The normalized spacial score (nSPS) is 14.6. The molecule has 3 aromatic rings. The molecule has 2 amide bonds. The van der Waals surface area contributed by atoms with Crippen LogP contribution in [0.15, 0.2) is 36.7 Å². The van der Waals surface area contributed by atoms with Crippen molar-refractivity contribution in [2.45, 2.75) is 31.7 Å². The van der Waals surface area contributed by atoms with Crippen molar-refractivity contribution in [3.63, 3.8) is 0 Å². The van der Waals surface area contributed by atoms with Crippen LogP contribution in [0, 0.1) is 0 Å². The van der Waals surface area contributed by atoms with Gasteiger partial charge in [-0.05, 0) is 48.2 Å². The zero-order valence-corrected chi connectivity index (χ0v) is 14.2. The van der Waals surface area contributed by atoms with Crippen LogP contribution in [0.3, 0.4) is 0 Å². The van der Waals surface area contributed by atoms with Gasteiger partial charge in [0.1, 0.15) is 5.52 Å².